The molecule has 0 radical (unpaired) electrons. The van der Waals surface area contributed by atoms with Crippen LogP contribution in [0.2, 0.25) is 0 Å². The maximum atomic E-state index is 11.7. The second kappa shape index (κ2) is 5.13. The summed E-state index contributed by atoms with van der Waals surface area (Å²) in [4.78, 5) is 22.8. The Morgan fingerprint density at radius 1 is 1.29 bits per heavy atom. The topological polar surface area (TPSA) is 54.4 Å². The van der Waals surface area contributed by atoms with Crippen molar-refractivity contribution >= 4 is 11.8 Å². The van der Waals surface area contributed by atoms with Crippen molar-refractivity contribution < 1.29 is 14.7 Å². The number of aromatic carboxylic acids is 1. The molecule has 1 unspecified atom stereocenters. The number of ketones is 1. The highest BCUT2D eigenvalue weighted by Crippen LogP contribution is 2.25. The molecule has 1 N–H and O–H groups in total. The Morgan fingerprint density at radius 3 is 2.76 bits per heavy atom. The Balaban J connectivity index is 2.17. The Morgan fingerprint density at radius 2 is 2.06 bits per heavy atom. The number of carboxylic acids is 1. The number of carbonyl (C=O) groups is 2. The summed E-state index contributed by atoms with van der Waals surface area (Å²) in [7, 11) is 0. The lowest BCUT2D eigenvalue weighted by molar-refractivity contribution is -0.124. The van der Waals surface area contributed by atoms with Gasteiger partial charge in [0.1, 0.15) is 5.78 Å². The number of hydrogen-bond acceptors (Lipinski definition) is 2. The number of Topliss-reactive ketones (excluding diaryl/α,β-unsaturated/α-hetero) is 1. The Hall–Kier alpha value is -1.64. The average molecular weight is 232 g/mol. The Kier molecular flexibility index (Phi) is 3.57. The molecule has 3 nitrogen and oxygen atoms in total. The lowest BCUT2D eigenvalue weighted by atomic mass is 9.83. The highest BCUT2D eigenvalue weighted by atomic mass is 16.4. The summed E-state index contributed by atoms with van der Waals surface area (Å²) in [6.45, 7) is 0. The lowest BCUT2D eigenvalue weighted by Crippen LogP contribution is -2.22. The third-order valence-electron chi connectivity index (χ3n) is 3.40. The summed E-state index contributed by atoms with van der Waals surface area (Å²) in [6, 6.07) is 6.96. The van der Waals surface area contributed by atoms with Gasteiger partial charge in [0.05, 0.1) is 5.56 Å². The molecule has 1 aromatic carbocycles. The zero-order valence-corrected chi connectivity index (χ0v) is 9.69. The van der Waals surface area contributed by atoms with Crippen molar-refractivity contribution in [3.63, 3.8) is 0 Å². The summed E-state index contributed by atoms with van der Waals surface area (Å²) >= 11 is 0. The first kappa shape index (κ1) is 11.8. The summed E-state index contributed by atoms with van der Waals surface area (Å²) in [6.07, 6.45) is 4.18. The van der Waals surface area contributed by atoms with E-state index >= 15 is 0 Å². The average Bonchev–Trinajstić information content (AvgIpc) is 2.32. The SMILES string of the molecule is O=C(O)c1ccccc1CC1CCCCC1=O. The van der Waals surface area contributed by atoms with E-state index in [4.69, 9.17) is 5.11 Å². The van der Waals surface area contributed by atoms with Gasteiger partial charge in [-0.15, -0.1) is 0 Å². The smallest absolute Gasteiger partial charge is 0.335 e. The van der Waals surface area contributed by atoms with Crippen molar-refractivity contribution in [3.8, 4) is 0 Å². The number of rotatable bonds is 3. The predicted molar refractivity (Wildman–Crippen MR) is 64.1 cm³/mol. The van der Waals surface area contributed by atoms with E-state index in [-0.39, 0.29) is 11.7 Å². The largest absolute Gasteiger partial charge is 0.478 e. The normalized spacial score (nSPS) is 20.2. The second-order valence-corrected chi connectivity index (χ2v) is 4.58. The van der Waals surface area contributed by atoms with Gasteiger partial charge in [-0.05, 0) is 30.9 Å². The molecular formula is C14H16O3. The molecule has 0 bridgehead atoms. The van der Waals surface area contributed by atoms with Crippen molar-refractivity contribution in [2.75, 3.05) is 0 Å². The zero-order valence-electron chi connectivity index (χ0n) is 9.69. The molecule has 0 saturated heterocycles. The molecule has 0 amide bonds. The maximum Gasteiger partial charge on any atom is 0.335 e. The van der Waals surface area contributed by atoms with Crippen LogP contribution in [0.25, 0.3) is 0 Å². The van der Waals surface area contributed by atoms with E-state index in [1.165, 1.54) is 0 Å². The first-order chi connectivity index (χ1) is 8.18. The van der Waals surface area contributed by atoms with Crippen molar-refractivity contribution in [1.29, 1.82) is 0 Å². The number of benzene rings is 1. The van der Waals surface area contributed by atoms with Crippen LogP contribution in [0.15, 0.2) is 24.3 Å². The highest BCUT2D eigenvalue weighted by molar-refractivity contribution is 5.90. The van der Waals surface area contributed by atoms with E-state index in [2.05, 4.69) is 0 Å². The van der Waals surface area contributed by atoms with Gasteiger partial charge < -0.3 is 5.11 Å². The van der Waals surface area contributed by atoms with Gasteiger partial charge in [-0.25, -0.2) is 4.79 Å². The minimum Gasteiger partial charge on any atom is -0.478 e. The fourth-order valence-electron chi connectivity index (χ4n) is 2.44. The summed E-state index contributed by atoms with van der Waals surface area (Å²) < 4.78 is 0. The molecule has 0 aliphatic heterocycles. The Labute approximate surface area is 100 Å². The van der Waals surface area contributed by atoms with E-state index < -0.39 is 5.97 Å². The van der Waals surface area contributed by atoms with Crippen LogP contribution in [0.4, 0.5) is 0 Å². The van der Waals surface area contributed by atoms with Gasteiger partial charge in [-0.3, -0.25) is 4.79 Å². The molecule has 0 spiro atoms. The van der Waals surface area contributed by atoms with E-state index in [0.717, 1.165) is 24.8 Å². The standard InChI is InChI=1S/C14H16O3/c15-13-8-4-2-6-11(13)9-10-5-1-3-7-12(10)14(16)17/h1,3,5,7,11H,2,4,6,8-9H2,(H,16,17). The van der Waals surface area contributed by atoms with Crippen molar-refractivity contribution in [2.24, 2.45) is 5.92 Å². The summed E-state index contributed by atoms with van der Waals surface area (Å²) in [5.41, 5.74) is 1.10. The maximum absolute atomic E-state index is 11.7. The fraction of sp³-hybridized carbons (Fsp3) is 0.429. The van der Waals surface area contributed by atoms with Gasteiger partial charge in [-0.1, -0.05) is 24.6 Å². The molecule has 2 rings (SSSR count). The molecule has 0 aromatic heterocycles. The lowest BCUT2D eigenvalue weighted by Gasteiger charge is -2.21. The monoisotopic (exact) mass is 232 g/mol. The second-order valence-electron chi connectivity index (χ2n) is 4.58. The van der Waals surface area contributed by atoms with Gasteiger partial charge in [-0.2, -0.15) is 0 Å². The molecule has 1 aliphatic rings. The molecule has 1 aliphatic carbocycles. The van der Waals surface area contributed by atoms with Crippen LogP contribution >= 0.6 is 0 Å². The van der Waals surface area contributed by atoms with E-state index in [1.54, 1.807) is 12.1 Å². The van der Waals surface area contributed by atoms with E-state index in [9.17, 15) is 9.59 Å². The highest BCUT2D eigenvalue weighted by Gasteiger charge is 2.23. The number of carbonyl (C=O) groups excluding carboxylic acids is 1. The predicted octanol–water partition coefficient (Wildman–Crippen LogP) is 2.69. The third-order valence-corrected chi connectivity index (χ3v) is 3.40. The minimum absolute atomic E-state index is 0.0178. The van der Waals surface area contributed by atoms with Crippen LogP contribution in [-0.4, -0.2) is 16.9 Å². The fourth-order valence-corrected chi connectivity index (χ4v) is 2.44. The molecule has 17 heavy (non-hydrogen) atoms. The number of carboxylic acid groups (broad SMARTS) is 1. The molecular weight excluding hydrogens is 216 g/mol. The van der Waals surface area contributed by atoms with Crippen LogP contribution in [0.3, 0.4) is 0 Å². The molecule has 90 valence electrons. The summed E-state index contributed by atoms with van der Waals surface area (Å²) in [5, 5.41) is 9.08. The van der Waals surface area contributed by atoms with Gasteiger partial charge in [0.25, 0.3) is 0 Å². The first-order valence-corrected chi connectivity index (χ1v) is 6.02. The number of hydrogen-bond donors (Lipinski definition) is 1. The van der Waals surface area contributed by atoms with Crippen LogP contribution in [0.5, 0.6) is 0 Å². The van der Waals surface area contributed by atoms with E-state index in [1.807, 2.05) is 12.1 Å². The first-order valence-electron chi connectivity index (χ1n) is 6.02. The molecule has 1 atom stereocenters. The van der Waals surface area contributed by atoms with Gasteiger partial charge in [0.2, 0.25) is 0 Å². The quantitative estimate of drug-likeness (QED) is 0.871. The van der Waals surface area contributed by atoms with Crippen LogP contribution in [0, 0.1) is 5.92 Å². The van der Waals surface area contributed by atoms with Crippen molar-refractivity contribution in [1.82, 2.24) is 0 Å². The molecule has 1 aromatic rings. The molecule has 0 heterocycles. The van der Waals surface area contributed by atoms with Crippen molar-refractivity contribution in [2.45, 2.75) is 32.1 Å². The third kappa shape index (κ3) is 2.73. The minimum atomic E-state index is -0.913. The zero-order chi connectivity index (χ0) is 12.3. The van der Waals surface area contributed by atoms with Gasteiger partial charge >= 0.3 is 5.97 Å². The molecule has 1 fully saturated rings. The molecule has 1 saturated carbocycles. The van der Waals surface area contributed by atoms with Crippen molar-refractivity contribution in [3.05, 3.63) is 35.4 Å². The van der Waals surface area contributed by atoms with Crippen LogP contribution in [0.1, 0.15) is 41.6 Å². The van der Waals surface area contributed by atoms with E-state index in [0.29, 0.717) is 18.4 Å². The van der Waals surface area contributed by atoms with Gasteiger partial charge in [0, 0.05) is 12.3 Å². The molecule has 3 heteroatoms. The van der Waals surface area contributed by atoms with Crippen LogP contribution < -0.4 is 0 Å². The van der Waals surface area contributed by atoms with Crippen LogP contribution in [-0.2, 0) is 11.2 Å². The Bertz CT molecular complexity index is 437. The summed E-state index contributed by atoms with van der Waals surface area (Å²) in [5.74, 6) is -0.607. The van der Waals surface area contributed by atoms with Gasteiger partial charge in [0.15, 0.2) is 0 Å².